The molecule has 1 aromatic heterocycles. The second-order valence-corrected chi connectivity index (χ2v) is 17.4. The van der Waals surface area contributed by atoms with Crippen molar-refractivity contribution in [1.82, 2.24) is 9.55 Å². The Bertz CT molecular complexity index is 2090. The standard InChI is InChI=1S/C43H52BrN3O8/c1-23(2)11-10-16-41(8)17-15-27-35(53-41)26(13-12-24(3)4)37-31(36(27)52-21-44)34(48)32-33(47-20-30(45)46-22-47)28-19-29-40(6,7)55-42(38(28)49,43(29,32)54-37)18-14-25(5)39(50)51-9/h11-12,14-15,17,20,22,28-29,32-33H,10,13,16,18-19,21,45H2,1-9H3/b25-14-. The molecule has 8 rings (SSSR count). The Kier molecular flexibility index (Phi) is 9.80. The number of hydrogen-bond acceptors (Lipinski definition) is 10. The minimum Gasteiger partial charge on any atom is -0.482 e. The summed E-state index contributed by atoms with van der Waals surface area (Å²) < 4.78 is 34.9. The van der Waals surface area contributed by atoms with Gasteiger partial charge in [0.2, 0.25) is 0 Å². The number of benzene rings is 1. The predicted molar refractivity (Wildman–Crippen MR) is 212 cm³/mol. The molecule has 55 heavy (non-hydrogen) atoms. The van der Waals surface area contributed by atoms with Crippen molar-refractivity contribution in [1.29, 1.82) is 0 Å². The molecular weight excluding hydrogens is 766 g/mol. The van der Waals surface area contributed by atoms with E-state index in [1.165, 1.54) is 12.7 Å². The van der Waals surface area contributed by atoms with E-state index in [4.69, 9.17) is 29.4 Å². The number of nitrogen functional groups attached to an aromatic ring is 1. The van der Waals surface area contributed by atoms with E-state index in [9.17, 15) is 4.79 Å². The average Bonchev–Trinajstić information content (AvgIpc) is 3.61. The Labute approximate surface area is 331 Å². The quantitative estimate of drug-likeness (QED) is 0.102. The van der Waals surface area contributed by atoms with Crippen LogP contribution in [0.4, 0.5) is 5.82 Å². The highest BCUT2D eigenvalue weighted by atomic mass is 79.9. The molecular formula is C43H52BrN3O8. The molecule has 1 spiro atoms. The van der Waals surface area contributed by atoms with Crippen LogP contribution in [-0.2, 0) is 25.5 Å². The van der Waals surface area contributed by atoms with Crippen LogP contribution in [-0.4, -0.2) is 62.1 Å². The third-order valence-corrected chi connectivity index (χ3v) is 12.6. The number of imidazole rings is 1. The molecule has 12 heteroatoms. The number of Topliss-reactive ketones (excluding diaryl/α,β-unsaturated/α-hetero) is 2. The van der Waals surface area contributed by atoms with Gasteiger partial charge in [-0.3, -0.25) is 9.59 Å². The van der Waals surface area contributed by atoms with E-state index in [0.717, 1.165) is 18.4 Å². The van der Waals surface area contributed by atoms with Crippen molar-refractivity contribution in [3.05, 3.63) is 70.2 Å². The SMILES string of the molecule is COC(=O)/C(C)=C\CC12OC(C)(C)C3CC(C1=O)C(n1cnc(N)c1)C1C(=O)c4c(OCBr)c5c(c(CC=C(C)C)c4OC132)OC(C)(CCC=C(C)C)C=C5. The van der Waals surface area contributed by atoms with Crippen molar-refractivity contribution in [3.63, 3.8) is 0 Å². The summed E-state index contributed by atoms with van der Waals surface area (Å²) in [5.41, 5.74) is 5.90. The van der Waals surface area contributed by atoms with E-state index >= 15 is 9.59 Å². The second-order valence-electron chi connectivity index (χ2n) is 16.9. The number of aromatic nitrogens is 2. The lowest BCUT2D eigenvalue weighted by atomic mass is 9.45. The van der Waals surface area contributed by atoms with Crippen molar-refractivity contribution >= 4 is 45.4 Å². The highest BCUT2D eigenvalue weighted by molar-refractivity contribution is 9.09. The highest BCUT2D eigenvalue weighted by Gasteiger charge is 2.85. The van der Waals surface area contributed by atoms with E-state index in [0.29, 0.717) is 52.4 Å². The zero-order valence-corrected chi connectivity index (χ0v) is 34.8. The minimum absolute atomic E-state index is 0.00176. The van der Waals surface area contributed by atoms with Crippen LogP contribution in [0.2, 0.25) is 0 Å². The lowest BCUT2D eigenvalue weighted by Gasteiger charge is -2.63. The van der Waals surface area contributed by atoms with Gasteiger partial charge in [0.05, 0.1) is 36.6 Å². The van der Waals surface area contributed by atoms with Crippen molar-refractivity contribution in [2.75, 3.05) is 18.4 Å². The molecule has 7 unspecified atom stereocenters. The number of hydrogen-bond donors (Lipinski definition) is 1. The van der Waals surface area contributed by atoms with Crippen molar-refractivity contribution in [2.24, 2.45) is 17.8 Å². The normalized spacial score (nSPS) is 30.8. The van der Waals surface area contributed by atoms with Gasteiger partial charge < -0.3 is 34.0 Å². The molecule has 3 aliphatic carbocycles. The van der Waals surface area contributed by atoms with Gasteiger partial charge in [0, 0.05) is 35.6 Å². The van der Waals surface area contributed by atoms with Crippen LogP contribution in [0.1, 0.15) is 109 Å². The number of allylic oxidation sites excluding steroid dienone is 4. The number of rotatable bonds is 11. The highest BCUT2D eigenvalue weighted by Crippen LogP contribution is 2.72. The predicted octanol–water partition coefficient (Wildman–Crippen LogP) is 8.06. The summed E-state index contributed by atoms with van der Waals surface area (Å²) in [6.45, 7) is 15.8. The number of fused-ring (bicyclic) bond motifs is 2. The molecule has 1 saturated heterocycles. The van der Waals surface area contributed by atoms with E-state index in [1.807, 2.05) is 39.8 Å². The monoisotopic (exact) mass is 817 g/mol. The number of halogens is 1. The Balaban J connectivity index is 1.53. The van der Waals surface area contributed by atoms with Crippen molar-refractivity contribution < 1.29 is 38.1 Å². The maximum Gasteiger partial charge on any atom is 0.333 e. The van der Waals surface area contributed by atoms with Gasteiger partial charge in [-0.05, 0) is 109 Å². The van der Waals surface area contributed by atoms with Gasteiger partial charge in [-0.25, -0.2) is 9.78 Å². The number of esters is 1. The molecule has 3 saturated carbocycles. The van der Waals surface area contributed by atoms with Crippen molar-refractivity contribution in [3.8, 4) is 17.2 Å². The first-order valence-electron chi connectivity index (χ1n) is 19.0. The Morgan fingerprint density at radius 3 is 2.44 bits per heavy atom. The van der Waals surface area contributed by atoms with Gasteiger partial charge in [0.25, 0.3) is 0 Å². The van der Waals surface area contributed by atoms with Crippen LogP contribution in [0.5, 0.6) is 17.2 Å². The fraction of sp³-hybridized carbons (Fsp3) is 0.535. The van der Waals surface area contributed by atoms with E-state index in [-0.39, 0.29) is 29.3 Å². The second kappa shape index (κ2) is 13.8. The zero-order valence-electron chi connectivity index (χ0n) is 33.2. The molecule has 1 aromatic carbocycles. The molecule has 2 N–H and O–H groups in total. The molecule has 11 nitrogen and oxygen atoms in total. The topological polar surface area (TPSA) is 141 Å². The number of carbonyl (C=O) groups is 3. The number of alkyl halides is 1. The van der Waals surface area contributed by atoms with Gasteiger partial charge >= 0.3 is 5.97 Å². The lowest BCUT2D eigenvalue weighted by Crippen LogP contribution is -2.78. The van der Waals surface area contributed by atoms with Crippen LogP contribution in [0.3, 0.4) is 0 Å². The summed E-state index contributed by atoms with van der Waals surface area (Å²) >= 11 is 3.47. The Morgan fingerprint density at radius 1 is 1.07 bits per heavy atom. The molecule has 3 aliphatic heterocycles. The van der Waals surface area contributed by atoms with Crippen LogP contribution in [0, 0.1) is 17.8 Å². The first-order valence-corrected chi connectivity index (χ1v) is 20.2. The smallest absolute Gasteiger partial charge is 0.333 e. The minimum atomic E-state index is -1.63. The van der Waals surface area contributed by atoms with Crippen molar-refractivity contribution in [2.45, 2.75) is 116 Å². The van der Waals surface area contributed by atoms with Crippen LogP contribution < -0.4 is 19.9 Å². The number of nitrogens with zero attached hydrogens (tertiary/aromatic N) is 2. The molecule has 294 valence electrons. The first-order chi connectivity index (χ1) is 25.9. The first kappa shape index (κ1) is 39.1. The number of ketones is 2. The van der Waals surface area contributed by atoms with Gasteiger partial charge in [0.15, 0.2) is 22.8 Å². The molecule has 2 aromatic rings. The molecule has 0 radical (unpaired) electrons. The van der Waals surface area contributed by atoms with Gasteiger partial charge in [-0.1, -0.05) is 29.4 Å². The summed E-state index contributed by atoms with van der Waals surface area (Å²) in [4.78, 5) is 48.2. The van der Waals surface area contributed by atoms with Crippen LogP contribution in [0.25, 0.3) is 6.08 Å². The zero-order chi connectivity index (χ0) is 39.8. The number of nitrogens with two attached hydrogens (primary N) is 1. The largest absolute Gasteiger partial charge is 0.482 e. The summed E-state index contributed by atoms with van der Waals surface area (Å²) in [7, 11) is 1.32. The number of carbonyl (C=O) groups excluding carboxylic acids is 3. The fourth-order valence-corrected chi connectivity index (χ4v) is 10.2. The number of ether oxygens (including phenoxy) is 5. The fourth-order valence-electron chi connectivity index (χ4n) is 10.0. The molecule has 4 fully saturated rings. The summed E-state index contributed by atoms with van der Waals surface area (Å²) in [5.74, 6) is -1.33. The molecule has 4 heterocycles. The van der Waals surface area contributed by atoms with Gasteiger partial charge in [-0.15, -0.1) is 0 Å². The van der Waals surface area contributed by atoms with Crippen LogP contribution in [0.15, 0.2) is 53.5 Å². The third kappa shape index (κ3) is 5.92. The lowest BCUT2D eigenvalue weighted by molar-refractivity contribution is -0.208. The number of methoxy groups -OCH3 is 1. The summed E-state index contributed by atoms with van der Waals surface area (Å²) in [6.07, 6.45) is 15.6. The third-order valence-electron chi connectivity index (χ3n) is 12.4. The summed E-state index contributed by atoms with van der Waals surface area (Å²) in [5, 5.41) is 0. The molecule has 6 aliphatic rings. The van der Waals surface area contributed by atoms with E-state index in [2.05, 4.69) is 53.8 Å². The van der Waals surface area contributed by atoms with E-state index < -0.39 is 52.2 Å². The Hall–Kier alpha value is -4.16. The van der Waals surface area contributed by atoms with Gasteiger partial charge in [0.1, 0.15) is 39.7 Å². The maximum absolute atomic E-state index is 15.9. The average molecular weight is 819 g/mol. The van der Waals surface area contributed by atoms with Crippen LogP contribution >= 0.6 is 15.9 Å². The van der Waals surface area contributed by atoms with Gasteiger partial charge in [-0.2, -0.15) is 0 Å². The number of anilines is 1. The maximum atomic E-state index is 15.9. The van der Waals surface area contributed by atoms with E-state index in [1.54, 1.807) is 30.1 Å². The Morgan fingerprint density at radius 2 is 1.80 bits per heavy atom. The summed E-state index contributed by atoms with van der Waals surface area (Å²) in [6, 6.07) is -0.676. The molecule has 0 amide bonds. The molecule has 7 atom stereocenters. The molecule has 4 bridgehead atoms.